The van der Waals surface area contributed by atoms with E-state index >= 15 is 0 Å². The van der Waals surface area contributed by atoms with Crippen LogP contribution in [0.25, 0.3) is 22.3 Å². The molecule has 0 bridgehead atoms. The van der Waals surface area contributed by atoms with E-state index in [-0.39, 0.29) is 26.4 Å². The van der Waals surface area contributed by atoms with E-state index < -0.39 is 5.41 Å². The van der Waals surface area contributed by atoms with Crippen LogP contribution in [0.1, 0.15) is 173 Å². The second kappa shape index (κ2) is 33.4. The van der Waals surface area contributed by atoms with Gasteiger partial charge in [0, 0.05) is 0 Å². The lowest BCUT2D eigenvalue weighted by atomic mass is 9.91. The maximum Gasteiger partial charge on any atom is 0.119 e. The quantitative estimate of drug-likeness (QED) is 0.0564. The minimum atomic E-state index is -0.887. The molecule has 12 rings (SSSR count). The zero-order valence-corrected chi connectivity index (χ0v) is 54.0. The highest BCUT2D eigenvalue weighted by Crippen LogP contribution is 2.34. The van der Waals surface area contributed by atoms with Crippen molar-refractivity contribution in [3.8, 4) is 23.0 Å². The summed E-state index contributed by atoms with van der Waals surface area (Å²) in [6, 6.07) is 76.3. The molecule has 4 aliphatic rings. The Morgan fingerprint density at radius 3 is 0.624 bits per heavy atom. The third-order valence-electron chi connectivity index (χ3n) is 18.7. The Bertz CT molecular complexity index is 3370. The van der Waals surface area contributed by atoms with Crippen LogP contribution in [0.2, 0.25) is 0 Å². The summed E-state index contributed by atoms with van der Waals surface area (Å²) >= 11 is 0. The van der Waals surface area contributed by atoms with Gasteiger partial charge in [-0.25, -0.2) is 20.0 Å². The predicted octanol–water partition coefficient (Wildman–Crippen LogP) is 20.0. The van der Waals surface area contributed by atoms with Crippen LogP contribution >= 0.6 is 0 Å². The second-order valence-electron chi connectivity index (χ2n) is 25.8. The van der Waals surface area contributed by atoms with Crippen LogP contribution in [0.5, 0.6) is 23.0 Å². The molecule has 4 saturated carbocycles. The van der Waals surface area contributed by atoms with Gasteiger partial charge >= 0.3 is 0 Å². The number of hydrogen-bond donors (Lipinski definition) is 0. The lowest BCUT2D eigenvalue weighted by Gasteiger charge is -2.33. The zero-order valence-electron chi connectivity index (χ0n) is 54.0. The van der Waals surface area contributed by atoms with Crippen molar-refractivity contribution >= 4 is 45.8 Å². The van der Waals surface area contributed by atoms with Gasteiger partial charge in [-0.2, -0.15) is 0 Å². The van der Waals surface area contributed by atoms with E-state index in [0.29, 0.717) is 47.2 Å². The molecule has 8 heteroatoms. The second-order valence-corrected chi connectivity index (χ2v) is 25.8. The van der Waals surface area contributed by atoms with Crippen molar-refractivity contribution < 1.29 is 18.9 Å². The van der Waals surface area contributed by atoms with Crippen LogP contribution in [0.15, 0.2) is 238 Å². The Hall–Kier alpha value is -9.24. The molecule has 472 valence electrons. The van der Waals surface area contributed by atoms with Gasteiger partial charge in [-0.1, -0.05) is 198 Å². The Balaban J connectivity index is 0.878. The Morgan fingerprint density at radius 1 is 0.247 bits per heavy atom. The van der Waals surface area contributed by atoms with Crippen LogP contribution in [0, 0.1) is 5.41 Å². The largest absolute Gasteiger partial charge is 0.493 e. The van der Waals surface area contributed by atoms with Gasteiger partial charge in [-0.15, -0.1) is 0 Å². The van der Waals surface area contributed by atoms with E-state index in [9.17, 15) is 0 Å². The van der Waals surface area contributed by atoms with Crippen molar-refractivity contribution in [2.24, 2.45) is 25.4 Å². The Morgan fingerprint density at radius 2 is 0.430 bits per heavy atom. The highest BCUT2D eigenvalue weighted by Gasteiger charge is 2.36. The fourth-order valence-corrected chi connectivity index (χ4v) is 13.1. The van der Waals surface area contributed by atoms with Gasteiger partial charge < -0.3 is 18.9 Å². The molecule has 0 unspecified atom stereocenters. The minimum Gasteiger partial charge on any atom is -0.493 e. The number of rotatable bonds is 24. The molecule has 0 aromatic heterocycles. The third kappa shape index (κ3) is 18.5. The van der Waals surface area contributed by atoms with E-state index in [2.05, 4.69) is 193 Å². The molecular formula is C85H88N4O4. The van der Waals surface area contributed by atoms with E-state index in [1.54, 1.807) is 0 Å². The highest BCUT2D eigenvalue weighted by molar-refractivity contribution is 6.01. The molecule has 4 fully saturated rings. The van der Waals surface area contributed by atoms with Gasteiger partial charge in [-0.3, -0.25) is 0 Å². The van der Waals surface area contributed by atoms with Crippen molar-refractivity contribution in [2.75, 3.05) is 26.4 Å². The first-order valence-electron chi connectivity index (χ1n) is 34.5. The fourth-order valence-electron chi connectivity index (χ4n) is 13.1. The molecule has 8 nitrogen and oxygen atoms in total. The van der Waals surface area contributed by atoms with E-state index in [0.717, 1.165) is 118 Å². The van der Waals surface area contributed by atoms with Crippen LogP contribution in [-0.2, 0) is 0 Å². The van der Waals surface area contributed by atoms with Crippen molar-refractivity contribution in [2.45, 2.75) is 153 Å². The van der Waals surface area contributed by atoms with Gasteiger partial charge in [0.1, 0.15) is 54.8 Å². The highest BCUT2D eigenvalue weighted by atomic mass is 16.5. The van der Waals surface area contributed by atoms with Crippen LogP contribution in [0.4, 0.5) is 0 Å². The molecule has 0 saturated heterocycles. The summed E-state index contributed by atoms with van der Waals surface area (Å²) in [6.07, 6.45) is 23.7. The van der Waals surface area contributed by atoms with Crippen molar-refractivity contribution in [3.05, 3.63) is 263 Å². The van der Waals surface area contributed by atoms with Gasteiger partial charge in [0.15, 0.2) is 0 Å². The molecule has 0 radical (unpaired) electrons. The molecule has 0 atom stereocenters. The third-order valence-corrected chi connectivity index (χ3v) is 18.7. The molecule has 8 aromatic carbocycles. The van der Waals surface area contributed by atoms with Crippen LogP contribution in [-0.4, -0.2) is 74.1 Å². The summed E-state index contributed by atoms with van der Waals surface area (Å²) in [7, 11) is 0. The molecule has 0 spiro atoms. The topological polar surface area (TPSA) is 86.4 Å². The zero-order chi connectivity index (χ0) is 63.0. The minimum absolute atomic E-state index is 0.195. The molecule has 0 aliphatic heterocycles. The van der Waals surface area contributed by atoms with Crippen molar-refractivity contribution in [3.63, 3.8) is 0 Å². The lowest BCUT2D eigenvalue weighted by molar-refractivity contribution is -0.00352. The Labute approximate surface area is 552 Å². The van der Waals surface area contributed by atoms with Crippen LogP contribution in [0.3, 0.4) is 0 Å². The number of aliphatic imine (C=N–C) groups is 4. The van der Waals surface area contributed by atoms with Crippen molar-refractivity contribution in [1.82, 2.24) is 0 Å². The van der Waals surface area contributed by atoms with E-state index in [4.69, 9.17) is 38.9 Å². The lowest BCUT2D eigenvalue weighted by Crippen LogP contribution is -2.45. The number of nitrogens with zero attached hydrogens (tertiary/aromatic N) is 4. The van der Waals surface area contributed by atoms with E-state index in [1.807, 2.05) is 48.5 Å². The van der Waals surface area contributed by atoms with Gasteiger partial charge in [0.25, 0.3) is 0 Å². The molecule has 93 heavy (non-hydrogen) atoms. The van der Waals surface area contributed by atoms with Gasteiger partial charge in [0.05, 0.1) is 46.5 Å². The average Bonchev–Trinajstić information content (AvgIpc) is 1.59. The maximum atomic E-state index is 7.00. The molecular weight excluding hydrogens is 1140 g/mol. The summed E-state index contributed by atoms with van der Waals surface area (Å²) < 4.78 is 28.0. The monoisotopic (exact) mass is 1230 g/mol. The first-order chi connectivity index (χ1) is 46.0. The smallest absolute Gasteiger partial charge is 0.119 e. The SMILES string of the molecule is C(=NC1CCCCC1)=C(c1ccccc1)c1ccc(OCC(COc2ccc(C(=C=NC3CCCCC3)c3ccccc3)cc2)(COc2ccc(C(=C=NC3CCCCC3)c3ccccc3)cc2)COc2ccc(C(=C=NC3CCCCC3)c3ccccc3)cc2)cc1. The standard InChI is InChI=1S/C85H88N4O4/c1-9-25-65(26-10-1)81(57-86-73-33-17-5-18-34-73)69-41-49-77(50-42-69)90-61-85(62-91-78-51-43-70(44-52-78)82(66-27-11-2-12-28-66)58-87-74-35-19-6-20-36-74,63-92-79-53-45-71(46-54-79)83(67-29-13-3-14-30-67)59-88-75-37-21-7-22-38-75)64-93-80-55-47-72(48-56-80)84(68-31-15-4-16-32-68)60-89-76-39-23-8-24-40-76/h1-4,9-16,25-32,41-56,73-76H,5-8,17-24,33-40,61-64H2. The molecule has 4 aliphatic carbocycles. The normalized spacial score (nSPS) is 16.1. The maximum absolute atomic E-state index is 7.00. The number of hydrogen-bond acceptors (Lipinski definition) is 8. The van der Waals surface area contributed by atoms with Gasteiger partial charge in [-0.05, 0) is 216 Å². The summed E-state index contributed by atoms with van der Waals surface area (Å²) in [5, 5.41) is 0. The first-order valence-corrected chi connectivity index (χ1v) is 34.5. The van der Waals surface area contributed by atoms with Gasteiger partial charge in [0.2, 0.25) is 0 Å². The fraction of sp³-hybridized carbons (Fsp3) is 0.341. The molecule has 0 N–H and O–H groups in total. The Kier molecular flexibility index (Phi) is 22.9. The summed E-state index contributed by atoms with van der Waals surface area (Å²) in [6.45, 7) is 0.781. The summed E-state index contributed by atoms with van der Waals surface area (Å²) in [5.41, 5.74) is 11.4. The number of benzene rings is 8. The van der Waals surface area contributed by atoms with E-state index in [1.165, 1.54) is 77.0 Å². The molecule has 8 aromatic rings. The summed E-state index contributed by atoms with van der Waals surface area (Å²) in [5.74, 6) is 16.9. The molecule has 0 amide bonds. The molecule has 0 heterocycles. The van der Waals surface area contributed by atoms with Crippen molar-refractivity contribution in [1.29, 1.82) is 0 Å². The number of ether oxygens (including phenoxy) is 4. The predicted molar refractivity (Wildman–Crippen MR) is 383 cm³/mol. The first kappa shape index (κ1) is 63.9. The average molecular weight is 1230 g/mol. The van der Waals surface area contributed by atoms with Crippen LogP contribution < -0.4 is 18.9 Å². The summed E-state index contributed by atoms with van der Waals surface area (Å²) in [4.78, 5) is 20.1.